The van der Waals surface area contributed by atoms with Crippen molar-refractivity contribution < 1.29 is 28.2 Å². The van der Waals surface area contributed by atoms with Gasteiger partial charge in [-0.2, -0.15) is 0 Å². The lowest BCUT2D eigenvalue weighted by Crippen LogP contribution is -2.29. The maximum absolute atomic E-state index is 13.9. The number of nitrogens with zero attached hydrogens (tertiary/aromatic N) is 1. The Balaban J connectivity index is 1.89. The molecule has 1 atom stereocenters. The van der Waals surface area contributed by atoms with Gasteiger partial charge < -0.3 is 9.84 Å². The minimum atomic E-state index is -1.07. The van der Waals surface area contributed by atoms with Crippen molar-refractivity contribution >= 4 is 23.1 Å². The fourth-order valence-electron chi connectivity index (χ4n) is 3.72. The van der Waals surface area contributed by atoms with E-state index < -0.39 is 29.4 Å². The predicted octanol–water partition coefficient (Wildman–Crippen LogP) is 4.99. The highest BCUT2D eigenvalue weighted by Crippen LogP contribution is 2.42. The van der Waals surface area contributed by atoms with Crippen LogP contribution in [0.2, 0.25) is 0 Å². The second-order valence-corrected chi connectivity index (χ2v) is 7.16. The summed E-state index contributed by atoms with van der Waals surface area (Å²) in [7, 11) is 0. The highest BCUT2D eigenvalue weighted by Gasteiger charge is 2.47. The van der Waals surface area contributed by atoms with Crippen molar-refractivity contribution in [3.8, 4) is 5.75 Å². The molecule has 32 heavy (non-hydrogen) atoms. The summed E-state index contributed by atoms with van der Waals surface area (Å²) in [6.07, 6.45) is 0. The maximum atomic E-state index is 13.9. The van der Waals surface area contributed by atoms with Crippen molar-refractivity contribution in [1.82, 2.24) is 0 Å². The van der Waals surface area contributed by atoms with Gasteiger partial charge in [-0.15, -0.1) is 0 Å². The molecule has 0 aromatic heterocycles. The minimum Gasteiger partial charge on any atom is -0.507 e. The van der Waals surface area contributed by atoms with Gasteiger partial charge in [0.25, 0.3) is 11.7 Å². The van der Waals surface area contributed by atoms with Crippen molar-refractivity contribution in [3.05, 3.63) is 101 Å². The van der Waals surface area contributed by atoms with E-state index in [9.17, 15) is 23.5 Å². The lowest BCUT2D eigenvalue weighted by Gasteiger charge is -2.25. The largest absolute Gasteiger partial charge is 0.507 e. The van der Waals surface area contributed by atoms with Gasteiger partial charge >= 0.3 is 0 Å². The average Bonchev–Trinajstić information content (AvgIpc) is 3.05. The number of Topliss-reactive ketones (excluding diaryl/α,β-unsaturated/α-hetero) is 1. The first-order valence-electron chi connectivity index (χ1n) is 9.96. The molecule has 3 aromatic carbocycles. The van der Waals surface area contributed by atoms with Gasteiger partial charge in [0.1, 0.15) is 23.1 Å². The molecule has 1 aliphatic heterocycles. The smallest absolute Gasteiger partial charge is 0.300 e. The van der Waals surface area contributed by atoms with Gasteiger partial charge in [-0.1, -0.05) is 18.2 Å². The number of aliphatic hydroxyl groups is 1. The Morgan fingerprint density at radius 3 is 2.28 bits per heavy atom. The zero-order chi connectivity index (χ0) is 22.8. The SMILES string of the molecule is CCOc1ccc(/C(O)=C2\C(=O)C(=O)N(c3cccc(F)c3)C2c2ccc(F)cc2)cc1. The van der Waals surface area contributed by atoms with E-state index in [0.717, 1.165) is 11.0 Å². The van der Waals surface area contributed by atoms with E-state index >= 15 is 0 Å². The van der Waals surface area contributed by atoms with Crippen molar-refractivity contribution in [3.63, 3.8) is 0 Å². The molecule has 0 saturated carbocycles. The predicted molar refractivity (Wildman–Crippen MR) is 115 cm³/mol. The maximum Gasteiger partial charge on any atom is 0.300 e. The Morgan fingerprint density at radius 1 is 0.969 bits per heavy atom. The second-order valence-electron chi connectivity index (χ2n) is 7.16. The molecule has 0 aliphatic carbocycles. The number of aliphatic hydroxyl groups excluding tert-OH is 1. The Morgan fingerprint density at radius 2 is 1.66 bits per heavy atom. The number of halogens is 2. The van der Waals surface area contributed by atoms with Gasteiger partial charge in [0.05, 0.1) is 18.2 Å². The summed E-state index contributed by atoms with van der Waals surface area (Å²) in [6.45, 7) is 2.30. The van der Waals surface area contributed by atoms with E-state index in [1.54, 1.807) is 24.3 Å². The fourth-order valence-corrected chi connectivity index (χ4v) is 3.72. The van der Waals surface area contributed by atoms with E-state index in [-0.39, 0.29) is 17.0 Å². The van der Waals surface area contributed by atoms with Crippen LogP contribution in [0.25, 0.3) is 5.76 Å². The molecular formula is C25H19F2NO4. The Hall–Kier alpha value is -4.00. The monoisotopic (exact) mass is 435 g/mol. The number of hydrogen-bond donors (Lipinski definition) is 1. The molecule has 1 N–H and O–H groups in total. The number of ketones is 1. The average molecular weight is 435 g/mol. The Labute approximate surface area is 183 Å². The summed E-state index contributed by atoms with van der Waals surface area (Å²) in [5, 5.41) is 11.0. The molecule has 3 aromatic rings. The van der Waals surface area contributed by atoms with Gasteiger partial charge in [0.2, 0.25) is 0 Å². The molecule has 162 valence electrons. The molecule has 5 nitrogen and oxygen atoms in total. The molecule has 1 saturated heterocycles. The normalized spacial score (nSPS) is 17.6. The van der Waals surface area contributed by atoms with Crippen LogP contribution in [0.5, 0.6) is 5.75 Å². The molecule has 1 unspecified atom stereocenters. The third-order valence-electron chi connectivity index (χ3n) is 5.16. The Bertz CT molecular complexity index is 1200. The molecule has 1 heterocycles. The van der Waals surface area contributed by atoms with Crippen LogP contribution in [0.4, 0.5) is 14.5 Å². The van der Waals surface area contributed by atoms with Gasteiger partial charge in [-0.05, 0) is 67.1 Å². The van der Waals surface area contributed by atoms with E-state index in [2.05, 4.69) is 0 Å². The van der Waals surface area contributed by atoms with Gasteiger partial charge in [-0.3, -0.25) is 14.5 Å². The molecule has 0 bridgehead atoms. The number of amides is 1. The quantitative estimate of drug-likeness (QED) is 0.348. The highest BCUT2D eigenvalue weighted by atomic mass is 19.1. The molecule has 7 heteroatoms. The zero-order valence-electron chi connectivity index (χ0n) is 17.1. The van der Waals surface area contributed by atoms with Crippen LogP contribution in [-0.2, 0) is 9.59 Å². The lowest BCUT2D eigenvalue weighted by molar-refractivity contribution is -0.132. The van der Waals surface area contributed by atoms with Crippen molar-refractivity contribution in [1.29, 1.82) is 0 Å². The van der Waals surface area contributed by atoms with Gasteiger partial charge in [-0.25, -0.2) is 8.78 Å². The Kier molecular flexibility index (Phi) is 5.73. The first-order chi connectivity index (χ1) is 15.4. The molecule has 1 aliphatic rings. The third-order valence-corrected chi connectivity index (χ3v) is 5.16. The van der Waals surface area contributed by atoms with Crippen LogP contribution in [0, 0.1) is 11.6 Å². The summed E-state index contributed by atoms with van der Waals surface area (Å²) >= 11 is 0. The summed E-state index contributed by atoms with van der Waals surface area (Å²) in [4.78, 5) is 27.1. The van der Waals surface area contributed by atoms with Crippen molar-refractivity contribution in [2.75, 3.05) is 11.5 Å². The summed E-state index contributed by atoms with van der Waals surface area (Å²) in [6, 6.07) is 15.8. The second kappa shape index (κ2) is 8.63. The number of carbonyl (C=O) groups excluding carboxylic acids is 2. The van der Waals surface area contributed by atoms with Crippen LogP contribution in [0.3, 0.4) is 0 Å². The van der Waals surface area contributed by atoms with E-state index in [1.807, 2.05) is 6.92 Å². The van der Waals surface area contributed by atoms with E-state index in [4.69, 9.17) is 4.74 Å². The molecule has 0 radical (unpaired) electrons. The summed E-state index contributed by atoms with van der Waals surface area (Å²) < 4.78 is 32.8. The number of rotatable bonds is 5. The molecule has 4 rings (SSSR count). The minimum absolute atomic E-state index is 0.146. The molecule has 1 amide bonds. The number of ether oxygens (including phenoxy) is 1. The van der Waals surface area contributed by atoms with Crippen LogP contribution in [-0.4, -0.2) is 23.4 Å². The number of carbonyl (C=O) groups is 2. The van der Waals surface area contributed by atoms with Crippen molar-refractivity contribution in [2.45, 2.75) is 13.0 Å². The number of hydrogen-bond acceptors (Lipinski definition) is 4. The van der Waals surface area contributed by atoms with Crippen molar-refractivity contribution in [2.24, 2.45) is 0 Å². The molecular weight excluding hydrogens is 416 g/mol. The van der Waals surface area contributed by atoms with Gasteiger partial charge in [0.15, 0.2) is 0 Å². The first kappa shape index (κ1) is 21.2. The fraction of sp³-hybridized carbons (Fsp3) is 0.120. The highest BCUT2D eigenvalue weighted by molar-refractivity contribution is 6.51. The van der Waals surface area contributed by atoms with Crippen LogP contribution in [0.1, 0.15) is 24.1 Å². The van der Waals surface area contributed by atoms with Crippen LogP contribution >= 0.6 is 0 Å². The number of anilines is 1. The third kappa shape index (κ3) is 3.85. The van der Waals surface area contributed by atoms with Crippen LogP contribution in [0.15, 0.2) is 78.4 Å². The zero-order valence-corrected chi connectivity index (χ0v) is 17.1. The van der Waals surface area contributed by atoms with E-state index in [1.165, 1.54) is 42.5 Å². The van der Waals surface area contributed by atoms with Gasteiger partial charge in [0, 0.05) is 11.3 Å². The first-order valence-corrected chi connectivity index (χ1v) is 9.96. The number of benzene rings is 3. The summed E-state index contributed by atoms with van der Waals surface area (Å²) in [5.41, 5.74) is 0.669. The summed E-state index contributed by atoms with van der Waals surface area (Å²) in [5.74, 6) is -2.73. The molecule has 1 fully saturated rings. The lowest BCUT2D eigenvalue weighted by atomic mass is 9.95. The van der Waals surface area contributed by atoms with E-state index in [0.29, 0.717) is 23.5 Å². The standard InChI is InChI=1S/C25H19F2NO4/c1-2-32-20-12-8-16(9-13-20)23(29)21-22(15-6-10-17(26)11-7-15)28(25(31)24(21)30)19-5-3-4-18(27)14-19/h3-14,22,29H,2H2,1H3/b23-21+. The van der Waals surface area contributed by atoms with Crippen LogP contribution < -0.4 is 9.64 Å². The molecule has 0 spiro atoms. The topological polar surface area (TPSA) is 66.8 Å².